The highest BCUT2D eigenvalue weighted by Gasteiger charge is 2.72. The first-order chi connectivity index (χ1) is 11.2. The molecule has 1 aliphatic carbocycles. The fraction of sp³-hybridized carbons (Fsp3) is 0.812. The van der Waals surface area contributed by atoms with Crippen molar-refractivity contribution in [3.8, 4) is 0 Å². The van der Waals surface area contributed by atoms with E-state index in [-0.39, 0.29) is 25.4 Å². The highest BCUT2D eigenvalue weighted by atomic mass is 16.5. The maximum absolute atomic E-state index is 12.6. The molecule has 4 atom stereocenters. The first-order valence-corrected chi connectivity index (χ1v) is 7.99. The number of aliphatic hydroxyl groups is 2. The molecule has 0 aromatic heterocycles. The van der Waals surface area contributed by atoms with Gasteiger partial charge in [0, 0.05) is 24.9 Å². The summed E-state index contributed by atoms with van der Waals surface area (Å²) in [5.74, 6) is -3.54. The lowest BCUT2D eigenvalue weighted by atomic mass is 9.66. The Morgan fingerprint density at radius 3 is 2.12 bits per heavy atom. The Kier molecular flexibility index (Phi) is 4.92. The third kappa shape index (κ3) is 2.31. The first kappa shape index (κ1) is 18.7. The van der Waals surface area contributed by atoms with E-state index in [1.807, 2.05) is 13.8 Å². The lowest BCUT2D eigenvalue weighted by molar-refractivity contribution is -0.175. The molecule has 0 aromatic rings. The average Bonchev–Trinajstić information content (AvgIpc) is 3.00. The smallest absolute Gasteiger partial charge is 0.323 e. The number of carbonyl (C=O) groups is 3. The van der Waals surface area contributed by atoms with Crippen molar-refractivity contribution in [2.75, 3.05) is 20.8 Å². The van der Waals surface area contributed by atoms with Crippen molar-refractivity contribution in [2.24, 2.45) is 23.2 Å². The molecule has 136 valence electrons. The van der Waals surface area contributed by atoms with Gasteiger partial charge in [0.05, 0.1) is 19.8 Å². The van der Waals surface area contributed by atoms with E-state index in [1.54, 1.807) is 0 Å². The molecule has 1 spiro atoms. The number of amides is 1. The van der Waals surface area contributed by atoms with Gasteiger partial charge in [0.2, 0.25) is 5.91 Å². The van der Waals surface area contributed by atoms with Gasteiger partial charge in [-0.25, -0.2) is 0 Å². The molecule has 8 heteroatoms. The number of nitrogens with one attached hydrogen (secondary N) is 1. The number of hydrogen-bond donors (Lipinski definition) is 3. The molecular formula is C16H25NO7. The van der Waals surface area contributed by atoms with Gasteiger partial charge in [0.25, 0.3) is 0 Å². The van der Waals surface area contributed by atoms with Gasteiger partial charge in [-0.1, -0.05) is 13.8 Å². The van der Waals surface area contributed by atoms with Crippen LogP contribution in [0.4, 0.5) is 0 Å². The van der Waals surface area contributed by atoms with Gasteiger partial charge in [-0.2, -0.15) is 0 Å². The quantitative estimate of drug-likeness (QED) is 0.452. The van der Waals surface area contributed by atoms with E-state index < -0.39 is 46.7 Å². The van der Waals surface area contributed by atoms with E-state index in [0.29, 0.717) is 0 Å². The zero-order chi connectivity index (χ0) is 18.3. The van der Waals surface area contributed by atoms with Crippen molar-refractivity contribution >= 4 is 17.8 Å². The van der Waals surface area contributed by atoms with Crippen molar-refractivity contribution in [1.29, 1.82) is 0 Å². The number of carbonyl (C=O) groups excluding carboxylic acids is 3. The molecule has 2 fully saturated rings. The van der Waals surface area contributed by atoms with E-state index >= 15 is 0 Å². The minimum Gasteiger partial charge on any atom is -0.468 e. The second-order valence-electron chi connectivity index (χ2n) is 7.01. The molecule has 0 radical (unpaired) electrons. The topological polar surface area (TPSA) is 122 Å². The Hall–Kier alpha value is -1.67. The van der Waals surface area contributed by atoms with Crippen molar-refractivity contribution < 1.29 is 34.1 Å². The number of esters is 2. The van der Waals surface area contributed by atoms with Crippen LogP contribution in [0.5, 0.6) is 0 Å². The highest BCUT2D eigenvalue weighted by Crippen LogP contribution is 2.59. The normalized spacial score (nSPS) is 34.5. The molecule has 0 unspecified atom stereocenters. The van der Waals surface area contributed by atoms with Crippen molar-refractivity contribution in [3.05, 3.63) is 0 Å². The Balaban J connectivity index is 2.67. The summed E-state index contributed by atoms with van der Waals surface area (Å²) in [5.41, 5.74) is -2.70. The van der Waals surface area contributed by atoms with Gasteiger partial charge in [0.15, 0.2) is 5.41 Å². The first-order valence-electron chi connectivity index (χ1n) is 7.99. The highest BCUT2D eigenvalue weighted by molar-refractivity contribution is 6.01. The van der Waals surface area contributed by atoms with Crippen molar-refractivity contribution in [2.45, 2.75) is 38.3 Å². The van der Waals surface area contributed by atoms with Crippen LogP contribution in [-0.2, 0) is 23.9 Å². The van der Waals surface area contributed by atoms with Gasteiger partial charge >= 0.3 is 11.9 Å². The maximum Gasteiger partial charge on any atom is 0.323 e. The van der Waals surface area contributed by atoms with Crippen molar-refractivity contribution in [1.82, 2.24) is 5.32 Å². The van der Waals surface area contributed by atoms with E-state index in [0.717, 1.165) is 0 Å². The Bertz CT molecular complexity index is 531. The zero-order valence-electron chi connectivity index (χ0n) is 14.4. The number of methoxy groups -OCH3 is 2. The van der Waals surface area contributed by atoms with Gasteiger partial charge in [-0.15, -0.1) is 0 Å². The molecule has 0 aromatic carbocycles. The predicted octanol–water partition coefficient (Wildman–Crippen LogP) is -0.777. The second kappa shape index (κ2) is 6.33. The molecular weight excluding hydrogens is 318 g/mol. The zero-order valence-corrected chi connectivity index (χ0v) is 14.4. The fourth-order valence-corrected chi connectivity index (χ4v) is 4.90. The number of ether oxygens (including phenoxy) is 2. The predicted molar refractivity (Wildman–Crippen MR) is 81.5 cm³/mol. The summed E-state index contributed by atoms with van der Waals surface area (Å²) in [5, 5.41) is 22.6. The van der Waals surface area contributed by atoms with Crippen LogP contribution in [-0.4, -0.2) is 60.5 Å². The Morgan fingerprint density at radius 2 is 1.79 bits per heavy atom. The molecule has 1 aliphatic heterocycles. The number of rotatable bonds is 4. The fourth-order valence-electron chi connectivity index (χ4n) is 4.90. The second-order valence-corrected chi connectivity index (χ2v) is 7.01. The van der Waals surface area contributed by atoms with Crippen LogP contribution in [0.25, 0.3) is 0 Å². The summed E-state index contributed by atoms with van der Waals surface area (Å²) in [6.07, 6.45) is -1.24. The van der Waals surface area contributed by atoms with E-state index in [2.05, 4.69) is 5.32 Å². The number of aliphatic hydroxyl groups excluding tert-OH is 2. The lowest BCUT2D eigenvalue weighted by Crippen LogP contribution is -2.57. The largest absolute Gasteiger partial charge is 0.468 e. The molecule has 1 saturated carbocycles. The van der Waals surface area contributed by atoms with Gasteiger partial charge in [-0.3, -0.25) is 14.4 Å². The molecule has 1 saturated heterocycles. The molecule has 8 nitrogen and oxygen atoms in total. The average molecular weight is 343 g/mol. The van der Waals surface area contributed by atoms with Gasteiger partial charge < -0.3 is 25.0 Å². The Labute approximate surface area is 140 Å². The monoisotopic (exact) mass is 343 g/mol. The van der Waals surface area contributed by atoms with Gasteiger partial charge in [-0.05, 0) is 12.3 Å². The summed E-state index contributed by atoms with van der Waals surface area (Å²) < 4.78 is 9.79. The number of hydrogen-bond acceptors (Lipinski definition) is 7. The molecule has 0 bridgehead atoms. The van der Waals surface area contributed by atoms with Crippen molar-refractivity contribution in [3.63, 3.8) is 0 Å². The standard InChI is InChI=1S/C16H25NO7/c1-8(2)11-15(13(21)23-3,14(22)24-4)5-9(7-18)16(11)6-10(19)12(20)17-16/h8-11,18-19H,5-7H2,1-4H3,(H,17,20)/t9-,10+,11+,16+/m1/s1. The van der Waals surface area contributed by atoms with E-state index in [9.17, 15) is 24.6 Å². The third-order valence-electron chi connectivity index (χ3n) is 5.56. The molecule has 1 heterocycles. The van der Waals surface area contributed by atoms with Crippen LogP contribution in [0.15, 0.2) is 0 Å². The summed E-state index contributed by atoms with van der Waals surface area (Å²) in [7, 11) is 2.37. The van der Waals surface area contributed by atoms with Gasteiger partial charge in [0.1, 0.15) is 6.10 Å². The minimum absolute atomic E-state index is 0.0152. The van der Waals surface area contributed by atoms with E-state index in [1.165, 1.54) is 14.2 Å². The summed E-state index contributed by atoms with van der Waals surface area (Å²) in [6.45, 7) is 3.30. The summed E-state index contributed by atoms with van der Waals surface area (Å²) in [4.78, 5) is 37.3. The van der Waals surface area contributed by atoms with Crippen LogP contribution in [0.3, 0.4) is 0 Å². The maximum atomic E-state index is 12.6. The summed E-state index contributed by atoms with van der Waals surface area (Å²) in [6, 6.07) is 0. The Morgan fingerprint density at radius 1 is 1.25 bits per heavy atom. The molecule has 24 heavy (non-hydrogen) atoms. The van der Waals surface area contributed by atoms with Crippen LogP contribution in [0.1, 0.15) is 26.7 Å². The molecule has 2 aliphatic rings. The molecule has 1 amide bonds. The molecule has 2 rings (SSSR count). The minimum atomic E-state index is -1.64. The van der Waals surface area contributed by atoms with Crippen LogP contribution in [0.2, 0.25) is 0 Å². The van der Waals surface area contributed by atoms with Crippen LogP contribution >= 0.6 is 0 Å². The van der Waals surface area contributed by atoms with Crippen LogP contribution < -0.4 is 5.32 Å². The molecule has 3 N–H and O–H groups in total. The van der Waals surface area contributed by atoms with Crippen LogP contribution in [0, 0.1) is 23.2 Å². The SMILES string of the molecule is COC(=O)C1(C(=O)OC)C[C@H](CO)[C@@]2(C[C@H](O)C(=O)N2)[C@H]1C(C)C. The van der Waals surface area contributed by atoms with E-state index in [4.69, 9.17) is 9.47 Å². The third-order valence-corrected chi connectivity index (χ3v) is 5.56. The lowest BCUT2D eigenvalue weighted by Gasteiger charge is -2.41. The summed E-state index contributed by atoms with van der Waals surface area (Å²) >= 11 is 0.